The first-order valence-corrected chi connectivity index (χ1v) is 6.42. The van der Waals surface area contributed by atoms with Crippen molar-refractivity contribution in [2.24, 2.45) is 0 Å². The predicted molar refractivity (Wildman–Crippen MR) is 70.1 cm³/mol. The molecule has 1 N–H and O–H groups in total. The van der Waals surface area contributed by atoms with Crippen molar-refractivity contribution in [1.29, 1.82) is 0 Å². The Labute approximate surface area is 107 Å². The summed E-state index contributed by atoms with van der Waals surface area (Å²) in [6, 6.07) is 0. The van der Waals surface area contributed by atoms with Crippen LogP contribution in [-0.4, -0.2) is 62.5 Å². The van der Waals surface area contributed by atoms with Crippen molar-refractivity contribution in [1.82, 2.24) is 15.3 Å². The van der Waals surface area contributed by atoms with Gasteiger partial charge in [0.25, 0.3) is 0 Å². The lowest BCUT2D eigenvalue weighted by Crippen LogP contribution is -2.52. The zero-order chi connectivity index (χ0) is 12.4. The lowest BCUT2D eigenvalue weighted by atomic mass is 10.1. The highest BCUT2D eigenvalue weighted by Gasteiger charge is 2.27. The van der Waals surface area contributed by atoms with E-state index in [1.165, 1.54) is 0 Å². The van der Waals surface area contributed by atoms with Gasteiger partial charge in [0.15, 0.2) is 0 Å². The highest BCUT2D eigenvalue weighted by Crippen LogP contribution is 2.21. The molecule has 1 aromatic rings. The molecule has 0 amide bonds. The van der Waals surface area contributed by atoms with Crippen LogP contribution in [0.3, 0.4) is 0 Å². The Hall–Kier alpha value is -1.40. The van der Waals surface area contributed by atoms with Crippen molar-refractivity contribution in [2.75, 3.05) is 56.2 Å². The summed E-state index contributed by atoms with van der Waals surface area (Å²) in [7, 11) is 1.76. The number of anilines is 2. The van der Waals surface area contributed by atoms with Gasteiger partial charge in [0.05, 0.1) is 24.2 Å². The molecule has 0 aromatic carbocycles. The average Bonchev–Trinajstić information content (AvgIpc) is 2.39. The lowest BCUT2D eigenvalue weighted by Gasteiger charge is -2.39. The van der Waals surface area contributed by atoms with Crippen molar-refractivity contribution in [3.63, 3.8) is 0 Å². The molecule has 3 heterocycles. The van der Waals surface area contributed by atoms with Gasteiger partial charge < -0.3 is 19.9 Å². The first kappa shape index (κ1) is 11.7. The van der Waals surface area contributed by atoms with Crippen LogP contribution in [0.15, 0.2) is 12.4 Å². The quantitative estimate of drug-likeness (QED) is 0.795. The van der Waals surface area contributed by atoms with Gasteiger partial charge in [-0.05, 0) is 0 Å². The summed E-state index contributed by atoms with van der Waals surface area (Å²) in [5.41, 5.74) is 1.09. The Balaban J connectivity index is 1.62. The molecule has 18 heavy (non-hydrogen) atoms. The number of hydrogen-bond donors (Lipinski definition) is 1. The summed E-state index contributed by atoms with van der Waals surface area (Å²) in [5.74, 6) is 0.837. The molecule has 3 rings (SSSR count). The maximum atomic E-state index is 5.26. The van der Waals surface area contributed by atoms with Crippen LogP contribution >= 0.6 is 0 Å². The summed E-state index contributed by atoms with van der Waals surface area (Å²) in [5, 5.41) is 3.32. The summed E-state index contributed by atoms with van der Waals surface area (Å²) in [6.45, 7) is 5.85. The zero-order valence-corrected chi connectivity index (χ0v) is 10.7. The Morgan fingerprint density at radius 3 is 2.44 bits per heavy atom. The predicted octanol–water partition coefficient (Wildman–Crippen LogP) is -0.279. The van der Waals surface area contributed by atoms with E-state index in [0.717, 1.165) is 50.9 Å². The monoisotopic (exact) mass is 249 g/mol. The van der Waals surface area contributed by atoms with Gasteiger partial charge >= 0.3 is 0 Å². The maximum Gasteiger partial charge on any atom is 0.225 e. The Morgan fingerprint density at radius 2 is 1.83 bits per heavy atom. The molecule has 2 aliphatic heterocycles. The molecule has 2 saturated heterocycles. The van der Waals surface area contributed by atoms with E-state index in [2.05, 4.69) is 25.1 Å². The maximum absolute atomic E-state index is 5.26. The largest absolute Gasteiger partial charge is 0.378 e. The van der Waals surface area contributed by atoms with Crippen LogP contribution in [0.1, 0.15) is 0 Å². The second-order valence-corrected chi connectivity index (χ2v) is 4.74. The van der Waals surface area contributed by atoms with E-state index in [9.17, 15) is 0 Å². The molecule has 0 spiro atoms. The molecule has 1 aromatic heterocycles. The first-order chi connectivity index (χ1) is 8.86. The Morgan fingerprint density at radius 1 is 1.17 bits per heavy atom. The van der Waals surface area contributed by atoms with Crippen molar-refractivity contribution in [3.05, 3.63) is 12.4 Å². The minimum absolute atomic E-state index is 0.359. The van der Waals surface area contributed by atoms with Crippen LogP contribution in [0.4, 0.5) is 11.6 Å². The van der Waals surface area contributed by atoms with Crippen LogP contribution in [0.25, 0.3) is 0 Å². The summed E-state index contributed by atoms with van der Waals surface area (Å²) >= 11 is 0. The Kier molecular flexibility index (Phi) is 3.29. The van der Waals surface area contributed by atoms with Gasteiger partial charge in [-0.2, -0.15) is 0 Å². The van der Waals surface area contributed by atoms with Crippen molar-refractivity contribution in [2.45, 2.75) is 6.10 Å². The molecule has 0 radical (unpaired) electrons. The van der Waals surface area contributed by atoms with E-state index in [1.807, 2.05) is 12.4 Å². The minimum Gasteiger partial charge on any atom is -0.378 e. The van der Waals surface area contributed by atoms with E-state index in [1.54, 1.807) is 7.11 Å². The number of rotatable bonds is 3. The molecule has 0 atom stereocenters. The van der Waals surface area contributed by atoms with Crippen LogP contribution in [0.2, 0.25) is 0 Å². The second kappa shape index (κ2) is 5.07. The van der Waals surface area contributed by atoms with E-state index in [4.69, 9.17) is 4.74 Å². The molecular formula is C12H19N5O. The third kappa shape index (κ3) is 2.26. The van der Waals surface area contributed by atoms with Crippen molar-refractivity contribution < 1.29 is 4.74 Å². The van der Waals surface area contributed by atoms with Gasteiger partial charge in [0.1, 0.15) is 0 Å². The molecule has 98 valence electrons. The van der Waals surface area contributed by atoms with Crippen molar-refractivity contribution >= 4 is 11.6 Å². The molecule has 0 bridgehead atoms. The first-order valence-electron chi connectivity index (χ1n) is 6.42. The number of hydrogen-bond acceptors (Lipinski definition) is 6. The van der Waals surface area contributed by atoms with Gasteiger partial charge in [-0.3, -0.25) is 0 Å². The van der Waals surface area contributed by atoms with E-state index < -0.39 is 0 Å². The smallest absolute Gasteiger partial charge is 0.225 e. The number of methoxy groups -OCH3 is 1. The van der Waals surface area contributed by atoms with Crippen LogP contribution in [-0.2, 0) is 4.74 Å². The van der Waals surface area contributed by atoms with Gasteiger partial charge in [-0.25, -0.2) is 9.97 Å². The third-order valence-electron chi connectivity index (χ3n) is 3.57. The van der Waals surface area contributed by atoms with Gasteiger partial charge in [-0.15, -0.1) is 0 Å². The SMILES string of the molecule is COC1CN(c2cnc(N3CCNCC3)nc2)C1. The molecule has 0 saturated carbocycles. The normalized spacial score (nSPS) is 20.9. The van der Waals surface area contributed by atoms with E-state index >= 15 is 0 Å². The minimum atomic E-state index is 0.359. The lowest BCUT2D eigenvalue weighted by molar-refractivity contribution is 0.0787. The molecular weight excluding hydrogens is 230 g/mol. The zero-order valence-electron chi connectivity index (χ0n) is 10.7. The summed E-state index contributed by atoms with van der Waals surface area (Å²) < 4.78 is 5.26. The summed E-state index contributed by atoms with van der Waals surface area (Å²) in [4.78, 5) is 13.4. The van der Waals surface area contributed by atoms with Gasteiger partial charge in [0, 0.05) is 46.4 Å². The fraction of sp³-hybridized carbons (Fsp3) is 0.667. The van der Waals surface area contributed by atoms with Crippen LogP contribution in [0.5, 0.6) is 0 Å². The third-order valence-corrected chi connectivity index (χ3v) is 3.57. The number of piperazine rings is 1. The fourth-order valence-electron chi connectivity index (χ4n) is 2.30. The highest BCUT2D eigenvalue weighted by atomic mass is 16.5. The number of aromatic nitrogens is 2. The van der Waals surface area contributed by atoms with Crippen molar-refractivity contribution in [3.8, 4) is 0 Å². The fourth-order valence-corrected chi connectivity index (χ4v) is 2.30. The van der Waals surface area contributed by atoms with Gasteiger partial charge in [-0.1, -0.05) is 0 Å². The molecule has 0 aliphatic carbocycles. The second-order valence-electron chi connectivity index (χ2n) is 4.74. The highest BCUT2D eigenvalue weighted by molar-refractivity contribution is 5.48. The summed E-state index contributed by atoms with van der Waals surface area (Å²) in [6.07, 6.45) is 4.19. The molecule has 6 heteroatoms. The molecule has 0 unspecified atom stereocenters. The molecule has 2 fully saturated rings. The standard InChI is InChI=1S/C12H19N5O/c1-18-11-8-17(9-11)10-6-14-12(15-7-10)16-4-2-13-3-5-16/h6-7,11,13H,2-5,8-9H2,1H3. The number of ether oxygens (including phenoxy) is 1. The number of nitrogens with zero attached hydrogens (tertiary/aromatic N) is 4. The van der Waals surface area contributed by atoms with E-state index in [0.29, 0.717) is 6.10 Å². The molecule has 2 aliphatic rings. The van der Waals surface area contributed by atoms with Crippen LogP contribution in [0, 0.1) is 0 Å². The number of nitrogens with one attached hydrogen (secondary N) is 1. The van der Waals surface area contributed by atoms with E-state index in [-0.39, 0.29) is 0 Å². The average molecular weight is 249 g/mol. The molecule has 6 nitrogen and oxygen atoms in total. The topological polar surface area (TPSA) is 53.5 Å². The Bertz CT molecular complexity index is 384. The van der Waals surface area contributed by atoms with Gasteiger partial charge in [0.2, 0.25) is 5.95 Å². The van der Waals surface area contributed by atoms with Crippen LogP contribution < -0.4 is 15.1 Å².